The number of hydrogen-bond acceptors (Lipinski definition) is 5. The lowest BCUT2D eigenvalue weighted by molar-refractivity contribution is -0.116. The largest absolute Gasteiger partial charge is 0.381 e. The van der Waals surface area contributed by atoms with E-state index < -0.39 is 10.0 Å². The zero-order valence-corrected chi connectivity index (χ0v) is 19.6. The van der Waals surface area contributed by atoms with Crippen molar-refractivity contribution in [3.63, 3.8) is 0 Å². The van der Waals surface area contributed by atoms with Crippen molar-refractivity contribution in [1.82, 2.24) is 4.90 Å². The monoisotopic (exact) mass is 461 g/mol. The third-order valence-electron chi connectivity index (χ3n) is 4.84. The first-order valence-electron chi connectivity index (χ1n) is 11.2. The number of para-hydroxylation sites is 2. The summed E-state index contributed by atoms with van der Waals surface area (Å²) in [5.74, 6) is -0.135. The standard InChI is InChI=1S/C24H35N3O4S/c1-2-3-19-31-20-10-16-27(17-15-24(28)25-22-11-6-4-7-12-22)18-21-32(29,30)26-23-13-8-5-9-14-23/h4-9,11-14,26H,2-3,10,15-21H2,1H3,(H,25,28). The molecule has 0 spiro atoms. The molecule has 0 unspecified atom stereocenters. The highest BCUT2D eigenvalue weighted by Crippen LogP contribution is 2.09. The molecule has 0 radical (unpaired) electrons. The van der Waals surface area contributed by atoms with E-state index in [1.54, 1.807) is 24.3 Å². The average molecular weight is 462 g/mol. The first-order valence-corrected chi connectivity index (χ1v) is 12.8. The van der Waals surface area contributed by atoms with E-state index in [4.69, 9.17) is 4.74 Å². The van der Waals surface area contributed by atoms with Gasteiger partial charge >= 0.3 is 0 Å². The molecule has 0 atom stereocenters. The quantitative estimate of drug-likeness (QED) is 0.370. The van der Waals surface area contributed by atoms with E-state index in [1.807, 2.05) is 41.3 Å². The number of unbranched alkanes of at least 4 members (excludes halogenated alkanes) is 1. The van der Waals surface area contributed by atoms with E-state index in [0.717, 1.165) is 31.6 Å². The Kier molecular flexibility index (Phi) is 11.8. The normalized spacial score (nSPS) is 11.4. The van der Waals surface area contributed by atoms with Crippen molar-refractivity contribution in [1.29, 1.82) is 0 Å². The first kappa shape index (κ1) is 25.8. The van der Waals surface area contributed by atoms with Crippen molar-refractivity contribution in [3.05, 3.63) is 60.7 Å². The van der Waals surface area contributed by atoms with Gasteiger partial charge in [-0.15, -0.1) is 0 Å². The number of amides is 1. The van der Waals surface area contributed by atoms with Gasteiger partial charge in [-0.05, 0) is 37.1 Å². The molecular weight excluding hydrogens is 426 g/mol. The van der Waals surface area contributed by atoms with Gasteiger partial charge in [-0.25, -0.2) is 8.42 Å². The number of hydrogen-bond donors (Lipinski definition) is 2. The van der Waals surface area contributed by atoms with Crippen LogP contribution in [0.25, 0.3) is 0 Å². The summed E-state index contributed by atoms with van der Waals surface area (Å²) in [6.45, 7) is 4.98. The van der Waals surface area contributed by atoms with E-state index in [9.17, 15) is 13.2 Å². The van der Waals surface area contributed by atoms with Crippen molar-refractivity contribution in [3.8, 4) is 0 Å². The number of anilines is 2. The molecule has 0 saturated carbocycles. The molecule has 32 heavy (non-hydrogen) atoms. The fraction of sp³-hybridized carbons (Fsp3) is 0.458. The minimum atomic E-state index is -3.48. The van der Waals surface area contributed by atoms with Crippen LogP contribution in [0.15, 0.2) is 60.7 Å². The van der Waals surface area contributed by atoms with Crippen LogP contribution in [0, 0.1) is 0 Å². The molecular formula is C24H35N3O4S. The van der Waals surface area contributed by atoms with Crippen LogP contribution >= 0.6 is 0 Å². The van der Waals surface area contributed by atoms with E-state index in [-0.39, 0.29) is 18.1 Å². The number of nitrogens with zero attached hydrogens (tertiary/aromatic N) is 1. The van der Waals surface area contributed by atoms with Gasteiger partial charge in [-0.1, -0.05) is 49.7 Å². The maximum absolute atomic E-state index is 12.5. The molecule has 2 N–H and O–H groups in total. The van der Waals surface area contributed by atoms with E-state index >= 15 is 0 Å². The van der Waals surface area contributed by atoms with Gasteiger partial charge < -0.3 is 15.0 Å². The summed E-state index contributed by atoms with van der Waals surface area (Å²) < 4.78 is 33.2. The molecule has 0 bridgehead atoms. The van der Waals surface area contributed by atoms with E-state index in [1.165, 1.54) is 0 Å². The lowest BCUT2D eigenvalue weighted by atomic mass is 10.3. The summed E-state index contributed by atoms with van der Waals surface area (Å²) in [6.07, 6.45) is 3.20. The third kappa shape index (κ3) is 11.3. The topological polar surface area (TPSA) is 87.7 Å². The number of nitrogens with one attached hydrogen (secondary N) is 2. The molecule has 1 amide bonds. The summed E-state index contributed by atoms with van der Waals surface area (Å²) in [4.78, 5) is 14.3. The maximum atomic E-state index is 12.5. The lowest BCUT2D eigenvalue weighted by Gasteiger charge is -2.22. The summed E-state index contributed by atoms with van der Waals surface area (Å²) in [5, 5.41) is 2.87. The molecule has 2 rings (SSSR count). The second-order valence-electron chi connectivity index (χ2n) is 7.61. The van der Waals surface area contributed by atoms with Gasteiger partial charge in [0.25, 0.3) is 0 Å². The Morgan fingerprint density at radius 1 is 0.875 bits per heavy atom. The van der Waals surface area contributed by atoms with Crippen LogP contribution < -0.4 is 10.0 Å². The Labute approximate surface area is 192 Å². The zero-order valence-electron chi connectivity index (χ0n) is 18.8. The van der Waals surface area contributed by atoms with Gasteiger partial charge in [0, 0.05) is 50.6 Å². The fourth-order valence-electron chi connectivity index (χ4n) is 3.06. The second kappa shape index (κ2) is 14.6. The fourth-order valence-corrected chi connectivity index (χ4v) is 4.16. The highest BCUT2D eigenvalue weighted by molar-refractivity contribution is 7.92. The number of benzene rings is 2. The number of ether oxygens (including phenoxy) is 1. The Balaban J connectivity index is 1.84. The molecule has 0 aliphatic carbocycles. The van der Waals surface area contributed by atoms with Crippen molar-refractivity contribution >= 4 is 27.3 Å². The van der Waals surface area contributed by atoms with Gasteiger partial charge in [0.15, 0.2) is 0 Å². The zero-order chi connectivity index (χ0) is 23.1. The summed E-state index contributed by atoms with van der Waals surface area (Å²) in [6, 6.07) is 18.1. The van der Waals surface area contributed by atoms with Crippen molar-refractivity contribution in [2.24, 2.45) is 0 Å². The van der Waals surface area contributed by atoms with Gasteiger partial charge in [0.1, 0.15) is 0 Å². The van der Waals surface area contributed by atoms with E-state index in [0.29, 0.717) is 31.9 Å². The molecule has 0 fully saturated rings. The first-order chi connectivity index (χ1) is 15.5. The van der Waals surface area contributed by atoms with Crippen molar-refractivity contribution in [2.75, 3.05) is 48.6 Å². The molecule has 0 saturated heterocycles. The Hall–Kier alpha value is -2.42. The average Bonchev–Trinajstić information content (AvgIpc) is 2.78. The summed E-state index contributed by atoms with van der Waals surface area (Å²) in [5.41, 5.74) is 1.30. The van der Waals surface area contributed by atoms with Crippen LogP contribution in [0.2, 0.25) is 0 Å². The minimum Gasteiger partial charge on any atom is -0.381 e. The van der Waals surface area contributed by atoms with Gasteiger partial charge in [0.05, 0.1) is 5.75 Å². The SMILES string of the molecule is CCCCOCCCN(CCC(=O)Nc1ccccc1)CCS(=O)(=O)Nc1ccccc1. The van der Waals surface area contributed by atoms with Gasteiger partial charge in [-0.3, -0.25) is 9.52 Å². The smallest absolute Gasteiger partial charge is 0.233 e. The molecule has 2 aromatic rings. The molecule has 2 aromatic carbocycles. The minimum absolute atomic E-state index is 0.0428. The highest BCUT2D eigenvalue weighted by Gasteiger charge is 2.15. The number of carbonyl (C=O) groups excluding carboxylic acids is 1. The van der Waals surface area contributed by atoms with Crippen LogP contribution in [-0.4, -0.2) is 57.8 Å². The van der Waals surface area contributed by atoms with Crippen LogP contribution in [0.5, 0.6) is 0 Å². The van der Waals surface area contributed by atoms with Crippen LogP contribution in [0.3, 0.4) is 0 Å². The van der Waals surface area contributed by atoms with Gasteiger partial charge in [-0.2, -0.15) is 0 Å². The lowest BCUT2D eigenvalue weighted by Crippen LogP contribution is -2.35. The van der Waals surface area contributed by atoms with Crippen molar-refractivity contribution < 1.29 is 17.9 Å². The molecule has 0 aliphatic heterocycles. The molecule has 176 valence electrons. The molecule has 0 heterocycles. The second-order valence-corrected chi connectivity index (χ2v) is 9.45. The van der Waals surface area contributed by atoms with Crippen LogP contribution in [-0.2, 0) is 19.6 Å². The highest BCUT2D eigenvalue weighted by atomic mass is 32.2. The Morgan fingerprint density at radius 3 is 2.16 bits per heavy atom. The molecule has 0 aromatic heterocycles. The number of sulfonamides is 1. The number of rotatable bonds is 16. The predicted octanol–water partition coefficient (Wildman–Crippen LogP) is 3.97. The third-order valence-corrected chi connectivity index (χ3v) is 6.11. The van der Waals surface area contributed by atoms with Gasteiger partial charge in [0.2, 0.25) is 15.9 Å². The van der Waals surface area contributed by atoms with Crippen molar-refractivity contribution in [2.45, 2.75) is 32.6 Å². The summed E-state index contributed by atoms with van der Waals surface area (Å²) >= 11 is 0. The maximum Gasteiger partial charge on any atom is 0.233 e. The molecule has 7 nitrogen and oxygen atoms in total. The molecule has 0 aliphatic rings. The van der Waals surface area contributed by atoms with Crippen LogP contribution in [0.4, 0.5) is 11.4 Å². The Morgan fingerprint density at radius 2 is 1.50 bits per heavy atom. The number of carbonyl (C=O) groups is 1. The predicted molar refractivity (Wildman–Crippen MR) is 130 cm³/mol. The van der Waals surface area contributed by atoms with E-state index in [2.05, 4.69) is 17.0 Å². The summed E-state index contributed by atoms with van der Waals surface area (Å²) in [7, 11) is -3.48. The Bertz CT molecular complexity index is 877. The van der Waals surface area contributed by atoms with Crippen LogP contribution in [0.1, 0.15) is 32.6 Å². The molecule has 8 heteroatoms.